The highest BCUT2D eigenvalue weighted by atomic mass is 16.5. The summed E-state index contributed by atoms with van der Waals surface area (Å²) in [5, 5.41) is 2.82. The second kappa shape index (κ2) is 7.52. The first-order valence-electron chi connectivity index (χ1n) is 6.07. The monoisotopic (exact) mass is 245 g/mol. The first-order chi connectivity index (χ1) is 8.72. The molecule has 1 N–H and O–H groups in total. The smallest absolute Gasteiger partial charge is 0.254 e. The fourth-order valence-corrected chi connectivity index (χ4v) is 1.76. The van der Waals surface area contributed by atoms with Crippen LogP contribution in [0.25, 0.3) is 0 Å². The van der Waals surface area contributed by atoms with Crippen LogP contribution < -0.4 is 5.32 Å². The SMILES string of the molecule is C#C[C@@H](CCC)NC(=O)[C@@H](OC)c1ccccc1. The molecule has 0 radical (unpaired) electrons. The van der Waals surface area contributed by atoms with Crippen LogP contribution in [0.4, 0.5) is 0 Å². The Balaban J connectivity index is 2.72. The van der Waals surface area contributed by atoms with Gasteiger partial charge in [-0.25, -0.2) is 0 Å². The molecule has 0 bridgehead atoms. The molecule has 0 saturated carbocycles. The van der Waals surface area contributed by atoms with Gasteiger partial charge >= 0.3 is 0 Å². The van der Waals surface area contributed by atoms with Crippen LogP contribution in [0.1, 0.15) is 31.4 Å². The normalized spacial score (nSPS) is 13.4. The number of rotatable bonds is 6. The zero-order valence-corrected chi connectivity index (χ0v) is 10.8. The first-order valence-corrected chi connectivity index (χ1v) is 6.07. The molecule has 0 spiro atoms. The lowest BCUT2D eigenvalue weighted by atomic mass is 10.1. The average Bonchev–Trinajstić information content (AvgIpc) is 2.40. The predicted molar refractivity (Wildman–Crippen MR) is 71.9 cm³/mol. The molecule has 18 heavy (non-hydrogen) atoms. The Bertz CT molecular complexity index is 408. The topological polar surface area (TPSA) is 38.3 Å². The largest absolute Gasteiger partial charge is 0.367 e. The van der Waals surface area contributed by atoms with E-state index in [2.05, 4.69) is 11.2 Å². The summed E-state index contributed by atoms with van der Waals surface area (Å²) in [6.45, 7) is 2.03. The molecular weight excluding hydrogens is 226 g/mol. The third-order valence-electron chi connectivity index (χ3n) is 2.67. The molecule has 1 aromatic carbocycles. The van der Waals surface area contributed by atoms with Crippen molar-refractivity contribution in [2.75, 3.05) is 7.11 Å². The van der Waals surface area contributed by atoms with Crippen molar-refractivity contribution >= 4 is 5.91 Å². The number of methoxy groups -OCH3 is 1. The van der Waals surface area contributed by atoms with Crippen LogP contribution in [-0.4, -0.2) is 19.1 Å². The Labute approximate surface area is 109 Å². The molecule has 1 aromatic rings. The molecule has 0 aliphatic rings. The van der Waals surface area contributed by atoms with Gasteiger partial charge in [0.1, 0.15) is 0 Å². The molecule has 0 unspecified atom stereocenters. The third-order valence-corrected chi connectivity index (χ3v) is 2.67. The standard InChI is InChI=1S/C15H19NO2/c1-4-9-13(5-2)16-15(17)14(18-3)12-10-7-6-8-11-12/h2,6-8,10-11,13-14H,4,9H2,1,3H3,(H,16,17)/t13-,14-/m0/s1. The molecule has 0 fully saturated rings. The van der Waals surface area contributed by atoms with Crippen molar-refractivity contribution in [1.82, 2.24) is 5.32 Å². The van der Waals surface area contributed by atoms with Crippen molar-refractivity contribution in [3.63, 3.8) is 0 Å². The van der Waals surface area contributed by atoms with Crippen molar-refractivity contribution < 1.29 is 9.53 Å². The van der Waals surface area contributed by atoms with Crippen LogP contribution in [0, 0.1) is 12.3 Å². The highest BCUT2D eigenvalue weighted by Gasteiger charge is 2.21. The molecular formula is C15H19NO2. The maximum Gasteiger partial charge on any atom is 0.254 e. The molecule has 0 aliphatic carbocycles. The van der Waals surface area contributed by atoms with Gasteiger partial charge in [0.05, 0.1) is 6.04 Å². The van der Waals surface area contributed by atoms with Gasteiger partial charge in [0.15, 0.2) is 6.10 Å². The van der Waals surface area contributed by atoms with Gasteiger partial charge < -0.3 is 10.1 Å². The highest BCUT2D eigenvalue weighted by molar-refractivity contribution is 5.82. The van der Waals surface area contributed by atoms with Gasteiger partial charge in [0, 0.05) is 7.11 Å². The molecule has 3 heteroatoms. The lowest BCUT2D eigenvalue weighted by Gasteiger charge is -2.18. The van der Waals surface area contributed by atoms with E-state index >= 15 is 0 Å². The van der Waals surface area contributed by atoms with Crippen molar-refractivity contribution in [1.29, 1.82) is 0 Å². The predicted octanol–water partition coefficient (Wildman–Crippen LogP) is 2.29. The quantitative estimate of drug-likeness (QED) is 0.781. The minimum Gasteiger partial charge on any atom is -0.367 e. The summed E-state index contributed by atoms with van der Waals surface area (Å²) in [5.74, 6) is 2.38. The van der Waals surface area contributed by atoms with Gasteiger partial charge in [-0.3, -0.25) is 4.79 Å². The molecule has 0 aliphatic heterocycles. The Morgan fingerprint density at radius 1 is 1.44 bits per heavy atom. The Morgan fingerprint density at radius 2 is 2.11 bits per heavy atom. The minimum atomic E-state index is -0.612. The van der Waals surface area contributed by atoms with E-state index in [0.29, 0.717) is 0 Å². The number of carbonyl (C=O) groups is 1. The van der Waals surface area contributed by atoms with Crippen LogP contribution in [-0.2, 0) is 9.53 Å². The summed E-state index contributed by atoms with van der Waals surface area (Å²) < 4.78 is 5.24. The van der Waals surface area contributed by atoms with Gasteiger partial charge in [-0.05, 0) is 12.0 Å². The number of ether oxygens (including phenoxy) is 1. The summed E-state index contributed by atoms with van der Waals surface area (Å²) in [5.41, 5.74) is 0.824. The maximum atomic E-state index is 12.1. The van der Waals surface area contributed by atoms with E-state index in [1.54, 1.807) is 0 Å². The van der Waals surface area contributed by atoms with E-state index in [1.165, 1.54) is 7.11 Å². The maximum absolute atomic E-state index is 12.1. The van der Waals surface area contributed by atoms with E-state index in [0.717, 1.165) is 18.4 Å². The van der Waals surface area contributed by atoms with Gasteiger partial charge in [-0.15, -0.1) is 6.42 Å². The van der Waals surface area contributed by atoms with Crippen LogP contribution in [0.5, 0.6) is 0 Å². The number of carbonyl (C=O) groups excluding carboxylic acids is 1. The second-order valence-corrected chi connectivity index (χ2v) is 4.04. The summed E-state index contributed by atoms with van der Waals surface area (Å²) in [6, 6.07) is 9.13. The second-order valence-electron chi connectivity index (χ2n) is 4.04. The fraction of sp³-hybridized carbons (Fsp3) is 0.400. The Morgan fingerprint density at radius 3 is 2.61 bits per heavy atom. The van der Waals surface area contributed by atoms with Crippen LogP contribution in [0.3, 0.4) is 0 Å². The number of hydrogen-bond donors (Lipinski definition) is 1. The highest BCUT2D eigenvalue weighted by Crippen LogP contribution is 2.16. The molecule has 1 rings (SSSR count). The van der Waals surface area contributed by atoms with E-state index in [1.807, 2.05) is 37.3 Å². The number of nitrogens with one attached hydrogen (secondary N) is 1. The molecule has 96 valence electrons. The van der Waals surface area contributed by atoms with Gasteiger partial charge in [0.2, 0.25) is 0 Å². The zero-order chi connectivity index (χ0) is 13.4. The lowest BCUT2D eigenvalue weighted by molar-refractivity contribution is -0.131. The van der Waals surface area contributed by atoms with Crippen molar-refractivity contribution in [2.24, 2.45) is 0 Å². The summed E-state index contributed by atoms with van der Waals surface area (Å²) >= 11 is 0. The molecule has 2 atom stereocenters. The minimum absolute atomic E-state index is 0.194. The molecule has 3 nitrogen and oxygen atoms in total. The Kier molecular flexibility index (Phi) is 5.96. The van der Waals surface area contributed by atoms with Crippen molar-refractivity contribution in [3.05, 3.63) is 35.9 Å². The number of hydrogen-bond acceptors (Lipinski definition) is 2. The average molecular weight is 245 g/mol. The molecule has 0 aromatic heterocycles. The Hall–Kier alpha value is -1.79. The van der Waals surface area contributed by atoms with E-state index in [9.17, 15) is 4.79 Å². The number of amides is 1. The summed E-state index contributed by atoms with van der Waals surface area (Å²) in [7, 11) is 1.52. The van der Waals surface area contributed by atoms with Gasteiger partial charge in [0.25, 0.3) is 5.91 Å². The summed E-state index contributed by atoms with van der Waals surface area (Å²) in [6.07, 6.45) is 6.47. The van der Waals surface area contributed by atoms with Gasteiger partial charge in [-0.2, -0.15) is 0 Å². The summed E-state index contributed by atoms with van der Waals surface area (Å²) in [4.78, 5) is 12.1. The van der Waals surface area contributed by atoms with E-state index in [4.69, 9.17) is 11.2 Å². The third kappa shape index (κ3) is 3.90. The van der Waals surface area contributed by atoms with Crippen molar-refractivity contribution in [3.8, 4) is 12.3 Å². The zero-order valence-electron chi connectivity index (χ0n) is 10.8. The van der Waals surface area contributed by atoms with Crippen LogP contribution >= 0.6 is 0 Å². The van der Waals surface area contributed by atoms with Crippen LogP contribution in [0.2, 0.25) is 0 Å². The van der Waals surface area contributed by atoms with Gasteiger partial charge in [-0.1, -0.05) is 49.6 Å². The molecule has 1 amide bonds. The number of terminal acetylenes is 1. The fourth-order valence-electron chi connectivity index (χ4n) is 1.76. The van der Waals surface area contributed by atoms with Crippen molar-refractivity contribution in [2.45, 2.75) is 31.9 Å². The van der Waals surface area contributed by atoms with E-state index < -0.39 is 6.10 Å². The first kappa shape index (κ1) is 14.3. The molecule has 0 heterocycles. The number of benzene rings is 1. The van der Waals surface area contributed by atoms with E-state index in [-0.39, 0.29) is 11.9 Å². The lowest BCUT2D eigenvalue weighted by Crippen LogP contribution is -2.37. The molecule has 0 saturated heterocycles. The van der Waals surface area contributed by atoms with Crippen LogP contribution in [0.15, 0.2) is 30.3 Å².